The molecule has 94 valence electrons. The summed E-state index contributed by atoms with van der Waals surface area (Å²) in [6.45, 7) is 2.72. The van der Waals surface area contributed by atoms with E-state index < -0.39 is 12.0 Å². The summed E-state index contributed by atoms with van der Waals surface area (Å²) in [6.07, 6.45) is 6.00. The molecular formula is C11H16N2O3S. The molecule has 0 aliphatic carbocycles. The highest BCUT2D eigenvalue weighted by atomic mass is 32.2. The van der Waals surface area contributed by atoms with Crippen molar-refractivity contribution in [1.29, 1.82) is 0 Å². The van der Waals surface area contributed by atoms with Crippen LogP contribution in [0.15, 0.2) is 0 Å². The van der Waals surface area contributed by atoms with Crippen LogP contribution in [0.3, 0.4) is 0 Å². The van der Waals surface area contributed by atoms with Gasteiger partial charge in [0.25, 0.3) is 0 Å². The van der Waals surface area contributed by atoms with Crippen LogP contribution in [0.1, 0.15) is 13.3 Å². The summed E-state index contributed by atoms with van der Waals surface area (Å²) in [5.74, 6) is 2.33. The molecule has 1 aliphatic rings. The molecule has 0 radical (unpaired) electrons. The predicted octanol–water partition coefficient (Wildman–Crippen LogP) is 0.911. The molecule has 6 heteroatoms. The van der Waals surface area contributed by atoms with Gasteiger partial charge in [0.1, 0.15) is 6.04 Å². The second-order valence-electron chi connectivity index (χ2n) is 3.73. The van der Waals surface area contributed by atoms with Gasteiger partial charge in [-0.1, -0.05) is 12.8 Å². The van der Waals surface area contributed by atoms with Crippen LogP contribution in [0.25, 0.3) is 0 Å². The number of rotatable bonds is 4. The largest absolute Gasteiger partial charge is 0.480 e. The maximum Gasteiger partial charge on any atom is 0.327 e. The molecule has 0 saturated carbocycles. The summed E-state index contributed by atoms with van der Waals surface area (Å²) in [6, 6.07) is -1.01. The van der Waals surface area contributed by atoms with Crippen molar-refractivity contribution in [3.63, 3.8) is 0 Å². The van der Waals surface area contributed by atoms with Crippen molar-refractivity contribution in [2.24, 2.45) is 0 Å². The third-order valence-corrected chi connectivity index (χ3v) is 3.47. The monoisotopic (exact) mass is 256 g/mol. The minimum absolute atomic E-state index is 0.222. The van der Waals surface area contributed by atoms with Gasteiger partial charge in [-0.3, -0.25) is 0 Å². The average molecular weight is 256 g/mol. The standard InChI is InChI=1S/C11H16N2O3S/c1-3-5-12(6-4-2)11(16)13-8-17-7-9(13)10(14)15/h1,9H,4-8H2,2H3,(H,14,15). The Kier molecular flexibility index (Phi) is 5.16. The third-order valence-electron chi connectivity index (χ3n) is 2.46. The first-order valence-electron chi connectivity index (χ1n) is 5.41. The minimum Gasteiger partial charge on any atom is -0.480 e. The molecule has 0 aromatic rings. The van der Waals surface area contributed by atoms with Crippen molar-refractivity contribution in [3.8, 4) is 12.3 Å². The molecule has 1 unspecified atom stereocenters. The molecule has 1 saturated heterocycles. The molecule has 0 spiro atoms. The minimum atomic E-state index is -0.958. The Balaban J connectivity index is 2.72. The molecule has 0 aromatic carbocycles. The zero-order chi connectivity index (χ0) is 12.8. The molecule has 1 aliphatic heterocycles. The van der Waals surface area contributed by atoms with Gasteiger partial charge in [-0.05, 0) is 6.42 Å². The number of thioether (sulfide) groups is 1. The summed E-state index contributed by atoms with van der Waals surface area (Å²) >= 11 is 1.45. The number of aliphatic carboxylic acids is 1. The van der Waals surface area contributed by atoms with Crippen LogP contribution in [0, 0.1) is 12.3 Å². The van der Waals surface area contributed by atoms with Crippen molar-refractivity contribution in [3.05, 3.63) is 0 Å². The lowest BCUT2D eigenvalue weighted by molar-refractivity contribution is -0.140. The first-order valence-corrected chi connectivity index (χ1v) is 6.56. The fourth-order valence-electron chi connectivity index (χ4n) is 1.64. The van der Waals surface area contributed by atoms with Crippen LogP contribution >= 0.6 is 11.8 Å². The molecule has 1 rings (SSSR count). The number of carboxylic acid groups (broad SMARTS) is 1. The summed E-state index contributed by atoms with van der Waals surface area (Å²) < 4.78 is 0. The van der Waals surface area contributed by atoms with Crippen LogP contribution in [-0.2, 0) is 4.79 Å². The van der Waals surface area contributed by atoms with Crippen molar-refractivity contribution in [2.75, 3.05) is 24.7 Å². The second kappa shape index (κ2) is 6.40. The number of hydrogen-bond donors (Lipinski definition) is 1. The Bertz CT molecular complexity index is 340. The molecule has 1 fully saturated rings. The second-order valence-corrected chi connectivity index (χ2v) is 4.73. The Hall–Kier alpha value is -1.35. The van der Waals surface area contributed by atoms with Crippen molar-refractivity contribution in [1.82, 2.24) is 9.80 Å². The number of urea groups is 1. The first-order chi connectivity index (χ1) is 8.11. The van der Waals surface area contributed by atoms with Crippen LogP contribution in [0.4, 0.5) is 4.79 Å². The van der Waals surface area contributed by atoms with Gasteiger partial charge in [0.05, 0.1) is 12.4 Å². The smallest absolute Gasteiger partial charge is 0.327 e. The lowest BCUT2D eigenvalue weighted by Gasteiger charge is -2.28. The zero-order valence-electron chi connectivity index (χ0n) is 9.76. The first kappa shape index (κ1) is 13.7. The average Bonchev–Trinajstić information content (AvgIpc) is 2.76. The van der Waals surface area contributed by atoms with E-state index in [1.807, 2.05) is 6.92 Å². The topological polar surface area (TPSA) is 60.9 Å². The van der Waals surface area contributed by atoms with Crippen LogP contribution in [0.2, 0.25) is 0 Å². The van der Waals surface area contributed by atoms with Gasteiger partial charge in [-0.15, -0.1) is 18.2 Å². The molecular weight excluding hydrogens is 240 g/mol. The summed E-state index contributed by atoms with van der Waals surface area (Å²) in [5, 5.41) is 9.01. The Morgan fingerprint density at radius 3 is 2.88 bits per heavy atom. The fraction of sp³-hybridized carbons (Fsp3) is 0.636. The highest BCUT2D eigenvalue weighted by Gasteiger charge is 2.36. The molecule has 1 heterocycles. The highest BCUT2D eigenvalue weighted by Crippen LogP contribution is 2.22. The zero-order valence-corrected chi connectivity index (χ0v) is 10.6. The van der Waals surface area contributed by atoms with E-state index in [1.165, 1.54) is 21.6 Å². The van der Waals surface area contributed by atoms with Crippen molar-refractivity contribution >= 4 is 23.8 Å². The fourth-order valence-corrected chi connectivity index (χ4v) is 2.78. The van der Waals surface area contributed by atoms with Crippen LogP contribution in [0.5, 0.6) is 0 Å². The Morgan fingerprint density at radius 2 is 2.35 bits per heavy atom. The van der Waals surface area contributed by atoms with Crippen LogP contribution < -0.4 is 0 Å². The van der Waals surface area contributed by atoms with E-state index in [9.17, 15) is 9.59 Å². The number of carbonyl (C=O) groups is 2. The third kappa shape index (κ3) is 3.30. The number of terminal acetylenes is 1. The lowest BCUT2D eigenvalue weighted by Crippen LogP contribution is -2.49. The van der Waals surface area contributed by atoms with E-state index in [0.717, 1.165) is 6.42 Å². The van der Waals surface area contributed by atoms with Crippen LogP contribution in [-0.4, -0.2) is 57.7 Å². The number of carbonyl (C=O) groups excluding carboxylic acids is 1. The number of amides is 2. The van der Waals surface area contributed by atoms with Gasteiger partial charge in [-0.25, -0.2) is 9.59 Å². The van der Waals surface area contributed by atoms with E-state index in [0.29, 0.717) is 18.2 Å². The quantitative estimate of drug-likeness (QED) is 0.760. The van der Waals surface area contributed by atoms with Crippen molar-refractivity contribution < 1.29 is 14.7 Å². The van der Waals surface area contributed by atoms with Gasteiger partial charge in [0, 0.05) is 12.3 Å². The van der Waals surface area contributed by atoms with E-state index in [4.69, 9.17) is 11.5 Å². The number of nitrogens with zero attached hydrogens (tertiary/aromatic N) is 2. The van der Waals surface area contributed by atoms with Gasteiger partial charge in [0.2, 0.25) is 0 Å². The summed E-state index contributed by atoms with van der Waals surface area (Å²) in [5.41, 5.74) is 0. The lowest BCUT2D eigenvalue weighted by atomic mass is 10.3. The Labute approximate surface area is 105 Å². The molecule has 0 bridgehead atoms. The molecule has 2 amide bonds. The maximum absolute atomic E-state index is 12.1. The SMILES string of the molecule is C#CCN(CCC)C(=O)N1CSCC1C(=O)O. The van der Waals surface area contributed by atoms with E-state index in [2.05, 4.69) is 5.92 Å². The van der Waals surface area contributed by atoms with Crippen molar-refractivity contribution in [2.45, 2.75) is 19.4 Å². The van der Waals surface area contributed by atoms with E-state index in [1.54, 1.807) is 0 Å². The predicted molar refractivity (Wildman–Crippen MR) is 66.7 cm³/mol. The van der Waals surface area contributed by atoms with E-state index in [-0.39, 0.29) is 12.6 Å². The summed E-state index contributed by atoms with van der Waals surface area (Å²) in [4.78, 5) is 26.0. The highest BCUT2D eigenvalue weighted by molar-refractivity contribution is 7.99. The molecule has 0 aromatic heterocycles. The van der Waals surface area contributed by atoms with Gasteiger partial charge < -0.3 is 14.9 Å². The van der Waals surface area contributed by atoms with E-state index >= 15 is 0 Å². The molecule has 5 nitrogen and oxygen atoms in total. The number of hydrogen-bond acceptors (Lipinski definition) is 3. The molecule has 1 atom stereocenters. The Morgan fingerprint density at radius 1 is 1.65 bits per heavy atom. The van der Waals surface area contributed by atoms with Gasteiger partial charge in [0.15, 0.2) is 0 Å². The van der Waals surface area contributed by atoms with Gasteiger partial charge in [-0.2, -0.15) is 0 Å². The maximum atomic E-state index is 12.1. The summed E-state index contributed by atoms with van der Waals surface area (Å²) in [7, 11) is 0. The molecule has 1 N–H and O–H groups in total. The number of carboxylic acids is 1. The van der Waals surface area contributed by atoms with Gasteiger partial charge >= 0.3 is 12.0 Å². The molecule has 17 heavy (non-hydrogen) atoms. The normalized spacial score (nSPS) is 18.8.